The van der Waals surface area contributed by atoms with Gasteiger partial charge < -0.3 is 28.4 Å². The lowest BCUT2D eigenvalue weighted by molar-refractivity contribution is -0.121. The second kappa shape index (κ2) is 36.1. The van der Waals surface area contributed by atoms with Crippen LogP contribution in [-0.4, -0.2) is 68.6 Å². The number of benzene rings is 4. The number of Topliss-reactive ketones (excluding diaryl/α,β-unsaturated/α-hetero) is 4. The Morgan fingerprint density at radius 1 is 0.360 bits per heavy atom. The van der Waals surface area contributed by atoms with Gasteiger partial charge in [0.25, 0.3) is 0 Å². The molecule has 4 rings (SSSR count). The van der Waals surface area contributed by atoms with Crippen LogP contribution >= 0.6 is 0 Å². The van der Waals surface area contributed by atoms with Gasteiger partial charge in [0.2, 0.25) is 5.75 Å². The molecule has 0 spiro atoms. The molecule has 4 aromatic carbocycles. The highest BCUT2D eigenvalue weighted by atomic mass is 16.5. The maximum absolute atomic E-state index is 13.4. The fourth-order valence-electron chi connectivity index (χ4n) is 8.35. The predicted molar refractivity (Wildman–Crippen MR) is 299 cm³/mol. The number of ether oxygens (including phenoxy) is 6. The summed E-state index contributed by atoms with van der Waals surface area (Å²) in [5.41, 5.74) is 4.28. The van der Waals surface area contributed by atoms with Crippen LogP contribution in [0.4, 0.5) is 0 Å². The summed E-state index contributed by atoms with van der Waals surface area (Å²) in [6.07, 6.45) is 19.8. The molecule has 0 N–H and O–H groups in total. The number of aryl methyl sites for hydroxylation is 1. The molecule has 75 heavy (non-hydrogen) atoms. The average Bonchev–Trinajstić information content (AvgIpc) is 3.41. The van der Waals surface area contributed by atoms with E-state index in [0.29, 0.717) is 129 Å². The van der Waals surface area contributed by atoms with E-state index >= 15 is 0 Å². The summed E-state index contributed by atoms with van der Waals surface area (Å²) in [7, 11) is 0. The molecular weight excluding hydrogens is 945 g/mol. The molecule has 0 saturated heterocycles. The Labute approximate surface area is 449 Å². The van der Waals surface area contributed by atoms with Crippen molar-refractivity contribution >= 4 is 28.9 Å². The normalized spacial score (nSPS) is 11.0. The van der Waals surface area contributed by atoms with E-state index in [0.717, 1.165) is 81.1 Å². The summed E-state index contributed by atoms with van der Waals surface area (Å²) < 4.78 is 36.0. The largest absolute Gasteiger partial charge is 0.493 e. The molecule has 4 aromatic rings. The summed E-state index contributed by atoms with van der Waals surface area (Å²) in [5.74, 6) is 3.25. The maximum Gasteiger partial charge on any atom is 0.203 e. The third-order valence-corrected chi connectivity index (χ3v) is 13.3. The van der Waals surface area contributed by atoms with Crippen molar-refractivity contribution in [1.82, 2.24) is 0 Å². The van der Waals surface area contributed by atoms with E-state index in [1.54, 1.807) is 60.7 Å². The number of hydrogen-bond acceptors (Lipinski definition) is 11. The first-order valence-electron chi connectivity index (χ1n) is 28.4. The molecule has 0 aromatic heterocycles. The van der Waals surface area contributed by atoms with Gasteiger partial charge in [-0.15, -0.1) is 0 Å². The van der Waals surface area contributed by atoms with E-state index < -0.39 is 0 Å². The summed E-state index contributed by atoms with van der Waals surface area (Å²) in [6, 6.07) is 20.8. The Balaban J connectivity index is 1.11. The number of unbranched alkanes of at least 4 members (excludes halogenated alkanes) is 13. The minimum atomic E-state index is -0.183. The molecule has 0 atom stereocenters. The highest BCUT2D eigenvalue weighted by Crippen LogP contribution is 2.40. The molecule has 0 aliphatic rings. The van der Waals surface area contributed by atoms with Crippen molar-refractivity contribution in [2.24, 2.45) is 0 Å². The number of ketones is 5. The third kappa shape index (κ3) is 23.2. The van der Waals surface area contributed by atoms with Crippen LogP contribution in [-0.2, 0) is 9.59 Å². The Hall–Kier alpha value is -5.97. The number of hydrogen-bond donors (Lipinski definition) is 0. The summed E-state index contributed by atoms with van der Waals surface area (Å²) in [5, 5.41) is 0. The van der Waals surface area contributed by atoms with Crippen molar-refractivity contribution in [2.75, 3.05) is 39.6 Å². The van der Waals surface area contributed by atoms with E-state index in [1.165, 1.54) is 32.1 Å². The lowest BCUT2D eigenvalue weighted by Crippen LogP contribution is -2.11. The van der Waals surface area contributed by atoms with E-state index in [4.69, 9.17) is 28.4 Å². The third-order valence-electron chi connectivity index (χ3n) is 13.3. The standard InChI is InChI=1S/C64H88O11/c1-7-11-15-16-17-18-25-41-70-60-43-52(42-48(5)49(60)6)58(67)28-23-19-21-26-54(65)46-74-56-34-30-50(31-35-56)63(69)51-32-36-57(37-33-51)75-47-55(66)27-22-20-24-29-59(68)53-44-61(71-38-12-8-2)64(73-40-14-10-4)62(45-53)72-39-13-9-3/h30-37,42-45H,7-29,38-41,46-47H2,1-6H3. The quantitative estimate of drug-likeness (QED) is 0.0309. The zero-order valence-corrected chi connectivity index (χ0v) is 46.4. The molecule has 0 unspecified atom stereocenters. The fraction of sp³-hybridized carbons (Fsp3) is 0.547. The van der Waals surface area contributed by atoms with E-state index in [9.17, 15) is 24.0 Å². The monoisotopic (exact) mass is 1030 g/mol. The van der Waals surface area contributed by atoms with Crippen molar-refractivity contribution in [2.45, 2.75) is 189 Å². The first-order chi connectivity index (χ1) is 36.5. The zero-order chi connectivity index (χ0) is 54.0. The average molecular weight is 1030 g/mol. The van der Waals surface area contributed by atoms with E-state index in [2.05, 4.69) is 27.7 Å². The van der Waals surface area contributed by atoms with Crippen LogP contribution < -0.4 is 28.4 Å². The zero-order valence-electron chi connectivity index (χ0n) is 46.4. The molecule has 0 aliphatic carbocycles. The van der Waals surface area contributed by atoms with E-state index in [1.807, 2.05) is 26.0 Å². The summed E-state index contributed by atoms with van der Waals surface area (Å²) in [4.78, 5) is 65.1. The fourth-order valence-corrected chi connectivity index (χ4v) is 8.35. The van der Waals surface area contributed by atoms with Crippen molar-refractivity contribution in [3.8, 4) is 34.5 Å². The smallest absolute Gasteiger partial charge is 0.203 e. The van der Waals surface area contributed by atoms with Crippen molar-refractivity contribution in [3.63, 3.8) is 0 Å². The Bertz CT molecular complexity index is 2300. The van der Waals surface area contributed by atoms with Crippen LogP contribution in [0.2, 0.25) is 0 Å². The van der Waals surface area contributed by atoms with Crippen LogP contribution in [0.25, 0.3) is 0 Å². The van der Waals surface area contributed by atoms with Gasteiger partial charge >= 0.3 is 0 Å². The Morgan fingerprint density at radius 2 is 0.733 bits per heavy atom. The molecule has 0 heterocycles. The summed E-state index contributed by atoms with van der Waals surface area (Å²) in [6.45, 7) is 14.7. The minimum Gasteiger partial charge on any atom is -0.493 e. The SMILES string of the molecule is CCCCCCCCCOc1cc(C(=O)CCCCCC(=O)COc2ccc(C(=O)c3ccc(OCC(=O)CCCCCC(=O)c4cc(OCCCC)c(OCCCC)c(OCCCC)c4)cc3)cc2)cc(C)c1C. The highest BCUT2D eigenvalue weighted by molar-refractivity contribution is 6.09. The maximum atomic E-state index is 13.4. The van der Waals surface area contributed by atoms with Gasteiger partial charge in [0.15, 0.2) is 40.4 Å². The van der Waals surface area contributed by atoms with Crippen molar-refractivity contribution in [1.29, 1.82) is 0 Å². The van der Waals surface area contributed by atoms with Gasteiger partial charge in [-0.2, -0.15) is 0 Å². The topological polar surface area (TPSA) is 141 Å². The highest BCUT2D eigenvalue weighted by Gasteiger charge is 2.20. The molecule has 0 amide bonds. The first kappa shape index (κ1) is 61.6. The molecular formula is C64H88O11. The molecule has 0 aliphatic heterocycles. The molecule has 0 bridgehead atoms. The molecule has 0 fully saturated rings. The van der Waals surface area contributed by atoms with Gasteiger partial charge in [-0.25, -0.2) is 0 Å². The lowest BCUT2D eigenvalue weighted by Gasteiger charge is -2.18. The molecule has 0 radical (unpaired) electrons. The molecule has 0 saturated carbocycles. The minimum absolute atomic E-state index is 0.00431. The Morgan fingerprint density at radius 3 is 1.21 bits per heavy atom. The summed E-state index contributed by atoms with van der Waals surface area (Å²) >= 11 is 0. The lowest BCUT2D eigenvalue weighted by atomic mass is 9.99. The van der Waals surface area contributed by atoms with Crippen LogP contribution in [0.3, 0.4) is 0 Å². The van der Waals surface area contributed by atoms with E-state index in [-0.39, 0.29) is 42.1 Å². The van der Waals surface area contributed by atoms with Gasteiger partial charge in [0.05, 0.1) is 26.4 Å². The van der Waals surface area contributed by atoms with Crippen molar-refractivity contribution in [3.05, 3.63) is 106 Å². The second-order valence-electron chi connectivity index (χ2n) is 19.8. The van der Waals surface area contributed by atoms with Crippen LogP contribution in [0.1, 0.15) is 223 Å². The second-order valence-corrected chi connectivity index (χ2v) is 19.8. The van der Waals surface area contributed by atoms with Gasteiger partial charge in [-0.05, 0) is 149 Å². The van der Waals surface area contributed by atoms with Gasteiger partial charge in [-0.3, -0.25) is 24.0 Å². The first-order valence-corrected chi connectivity index (χ1v) is 28.4. The Kier molecular flexibility index (Phi) is 29.6. The molecule has 410 valence electrons. The number of carbonyl (C=O) groups is 5. The van der Waals surface area contributed by atoms with Crippen LogP contribution in [0.5, 0.6) is 34.5 Å². The van der Waals surface area contributed by atoms with Crippen molar-refractivity contribution < 1.29 is 52.4 Å². The van der Waals surface area contributed by atoms with Gasteiger partial charge in [0, 0.05) is 47.9 Å². The number of rotatable bonds is 43. The molecule has 11 heteroatoms. The van der Waals surface area contributed by atoms with Gasteiger partial charge in [0.1, 0.15) is 30.5 Å². The molecule has 11 nitrogen and oxygen atoms in total. The predicted octanol–water partition coefficient (Wildman–Crippen LogP) is 15.8. The van der Waals surface area contributed by atoms with Crippen LogP contribution in [0.15, 0.2) is 72.8 Å². The van der Waals surface area contributed by atoms with Gasteiger partial charge in [-0.1, -0.05) is 98.3 Å². The number of carbonyl (C=O) groups excluding carboxylic acids is 5. The van der Waals surface area contributed by atoms with Crippen LogP contribution in [0, 0.1) is 13.8 Å².